The van der Waals surface area contributed by atoms with Crippen molar-refractivity contribution in [3.05, 3.63) is 58.7 Å². The summed E-state index contributed by atoms with van der Waals surface area (Å²) < 4.78 is 0. The van der Waals surface area contributed by atoms with E-state index in [2.05, 4.69) is 5.16 Å². The van der Waals surface area contributed by atoms with E-state index < -0.39 is 5.97 Å². The quantitative estimate of drug-likeness (QED) is 0.474. The third-order valence-electron chi connectivity index (χ3n) is 2.49. The van der Waals surface area contributed by atoms with Crippen LogP contribution in [-0.4, -0.2) is 17.5 Å². The molecule has 1 aliphatic rings. The van der Waals surface area contributed by atoms with Gasteiger partial charge < -0.3 is 4.84 Å². The Kier molecular flexibility index (Phi) is 3.92. The third kappa shape index (κ3) is 3.17. The van der Waals surface area contributed by atoms with E-state index in [1.165, 1.54) is 18.2 Å². The Balaban J connectivity index is 2.13. The van der Waals surface area contributed by atoms with Crippen molar-refractivity contribution in [3.8, 4) is 0 Å². The van der Waals surface area contributed by atoms with Crippen molar-refractivity contribution in [3.63, 3.8) is 0 Å². The predicted molar refractivity (Wildman–Crippen MR) is 72.2 cm³/mol. The van der Waals surface area contributed by atoms with Gasteiger partial charge in [-0.25, -0.2) is 4.79 Å². The molecular weight excluding hydrogens is 266 g/mol. The number of rotatable bonds is 2. The van der Waals surface area contributed by atoms with Gasteiger partial charge in [-0.3, -0.25) is 4.79 Å². The van der Waals surface area contributed by atoms with E-state index in [4.69, 9.17) is 16.4 Å². The van der Waals surface area contributed by atoms with Crippen molar-refractivity contribution in [1.82, 2.24) is 0 Å². The fourth-order valence-electron chi connectivity index (χ4n) is 1.50. The summed E-state index contributed by atoms with van der Waals surface area (Å²) in [5.41, 5.74) is 1.31. The molecule has 0 saturated carbocycles. The SMILES string of the molecule is CC1=CC(=O)C=C/C1=N/OC(=O)c1ccccc1Cl. The second kappa shape index (κ2) is 5.63. The number of oxime groups is 1. The van der Waals surface area contributed by atoms with E-state index in [0.717, 1.165) is 0 Å². The molecule has 5 heteroatoms. The molecule has 1 aromatic rings. The molecule has 0 unspecified atom stereocenters. The molecule has 0 bridgehead atoms. The maximum atomic E-state index is 11.8. The highest BCUT2D eigenvalue weighted by atomic mass is 35.5. The zero-order valence-electron chi connectivity index (χ0n) is 10.1. The molecule has 4 nitrogen and oxygen atoms in total. The van der Waals surface area contributed by atoms with Crippen molar-refractivity contribution >= 4 is 29.1 Å². The van der Waals surface area contributed by atoms with Gasteiger partial charge in [0.05, 0.1) is 10.6 Å². The van der Waals surface area contributed by atoms with Gasteiger partial charge in [-0.15, -0.1) is 0 Å². The first-order valence-electron chi connectivity index (χ1n) is 5.52. The molecular formula is C14H10ClNO3. The molecule has 2 rings (SSSR count). The topological polar surface area (TPSA) is 55.7 Å². The van der Waals surface area contributed by atoms with Crippen molar-refractivity contribution in [1.29, 1.82) is 0 Å². The molecule has 0 N–H and O–H groups in total. The van der Waals surface area contributed by atoms with Crippen LogP contribution in [0.2, 0.25) is 5.02 Å². The summed E-state index contributed by atoms with van der Waals surface area (Å²) >= 11 is 5.87. The molecule has 0 atom stereocenters. The van der Waals surface area contributed by atoms with Gasteiger partial charge in [-0.2, -0.15) is 0 Å². The highest BCUT2D eigenvalue weighted by Crippen LogP contribution is 2.16. The summed E-state index contributed by atoms with van der Waals surface area (Å²) in [6, 6.07) is 6.54. The second-order valence-electron chi connectivity index (χ2n) is 3.90. The number of ketones is 1. The van der Waals surface area contributed by atoms with Gasteiger partial charge in [0.1, 0.15) is 5.71 Å². The molecule has 0 fully saturated rings. The second-order valence-corrected chi connectivity index (χ2v) is 4.31. The smallest absolute Gasteiger partial charge is 0.312 e. The summed E-state index contributed by atoms with van der Waals surface area (Å²) in [5.74, 6) is -0.759. The Morgan fingerprint density at radius 1 is 1.26 bits per heavy atom. The van der Waals surface area contributed by atoms with Crippen molar-refractivity contribution in [2.75, 3.05) is 0 Å². The maximum absolute atomic E-state index is 11.8. The molecule has 1 aliphatic carbocycles. The fraction of sp³-hybridized carbons (Fsp3) is 0.0714. The summed E-state index contributed by atoms with van der Waals surface area (Å²) in [5, 5.41) is 4.02. The van der Waals surface area contributed by atoms with Gasteiger partial charge in [-0.1, -0.05) is 28.9 Å². The average Bonchev–Trinajstić information content (AvgIpc) is 2.38. The van der Waals surface area contributed by atoms with Gasteiger partial charge in [0, 0.05) is 0 Å². The van der Waals surface area contributed by atoms with Crippen LogP contribution in [0.25, 0.3) is 0 Å². The van der Waals surface area contributed by atoms with E-state index in [9.17, 15) is 9.59 Å². The molecule has 0 spiro atoms. The molecule has 0 saturated heterocycles. The molecule has 0 aliphatic heterocycles. The lowest BCUT2D eigenvalue weighted by Gasteiger charge is -2.05. The standard InChI is InChI=1S/C14H10ClNO3/c1-9-8-10(17)6-7-13(9)16-19-14(18)11-4-2-3-5-12(11)15/h2-8H,1H3/b16-13-. The number of carbonyl (C=O) groups is 2. The van der Waals surface area contributed by atoms with Gasteiger partial charge in [0.25, 0.3) is 0 Å². The number of halogens is 1. The van der Waals surface area contributed by atoms with Crippen LogP contribution in [0.1, 0.15) is 17.3 Å². The molecule has 19 heavy (non-hydrogen) atoms. The van der Waals surface area contributed by atoms with Crippen LogP contribution in [0, 0.1) is 0 Å². The van der Waals surface area contributed by atoms with Gasteiger partial charge in [-0.05, 0) is 42.9 Å². The van der Waals surface area contributed by atoms with Crippen LogP contribution in [0.4, 0.5) is 0 Å². The van der Waals surface area contributed by atoms with Crippen molar-refractivity contribution < 1.29 is 14.4 Å². The van der Waals surface area contributed by atoms with Gasteiger partial charge >= 0.3 is 5.97 Å². The van der Waals surface area contributed by atoms with Crippen LogP contribution in [0.3, 0.4) is 0 Å². The minimum Gasteiger partial charge on any atom is -0.312 e. The maximum Gasteiger partial charge on any atom is 0.367 e. The number of hydrogen-bond donors (Lipinski definition) is 0. The summed E-state index contributed by atoms with van der Waals surface area (Å²) in [6.07, 6.45) is 4.27. The van der Waals surface area contributed by atoms with Gasteiger partial charge in [0.2, 0.25) is 0 Å². The van der Waals surface area contributed by atoms with Crippen LogP contribution in [0.15, 0.2) is 53.2 Å². The highest BCUT2D eigenvalue weighted by Gasteiger charge is 2.13. The monoisotopic (exact) mass is 275 g/mol. The average molecular weight is 276 g/mol. The number of allylic oxidation sites excluding steroid dienone is 4. The zero-order valence-corrected chi connectivity index (χ0v) is 10.8. The summed E-state index contributed by atoms with van der Waals surface area (Å²) in [7, 11) is 0. The lowest BCUT2D eigenvalue weighted by Crippen LogP contribution is -2.08. The first-order chi connectivity index (χ1) is 9.08. The first-order valence-corrected chi connectivity index (χ1v) is 5.90. The van der Waals surface area contributed by atoms with E-state index >= 15 is 0 Å². The Hall–Kier alpha value is -2.20. The molecule has 0 amide bonds. The third-order valence-corrected chi connectivity index (χ3v) is 2.82. The molecule has 0 radical (unpaired) electrons. The minimum absolute atomic E-state index is 0.117. The number of nitrogens with zero attached hydrogens (tertiary/aromatic N) is 1. The van der Waals surface area contributed by atoms with E-state index in [0.29, 0.717) is 16.3 Å². The lowest BCUT2D eigenvalue weighted by atomic mass is 10.1. The first kappa shape index (κ1) is 13.2. The zero-order chi connectivity index (χ0) is 13.8. The predicted octanol–water partition coefficient (Wildman–Crippen LogP) is 2.94. The summed E-state index contributed by atoms with van der Waals surface area (Å²) in [4.78, 5) is 27.7. The van der Waals surface area contributed by atoms with E-state index in [1.54, 1.807) is 31.2 Å². The fourth-order valence-corrected chi connectivity index (χ4v) is 1.71. The van der Waals surface area contributed by atoms with E-state index in [-0.39, 0.29) is 11.3 Å². The Bertz CT molecular complexity index is 629. The number of carbonyl (C=O) groups excluding carboxylic acids is 2. The van der Waals surface area contributed by atoms with Crippen LogP contribution in [-0.2, 0) is 9.63 Å². The van der Waals surface area contributed by atoms with Crippen LogP contribution >= 0.6 is 11.6 Å². The lowest BCUT2D eigenvalue weighted by molar-refractivity contribution is -0.110. The van der Waals surface area contributed by atoms with E-state index in [1.807, 2.05) is 0 Å². The Labute approximate surface area is 115 Å². The number of benzene rings is 1. The van der Waals surface area contributed by atoms with Crippen molar-refractivity contribution in [2.45, 2.75) is 6.92 Å². The molecule has 0 heterocycles. The Morgan fingerprint density at radius 2 is 2.00 bits per heavy atom. The van der Waals surface area contributed by atoms with Crippen LogP contribution in [0.5, 0.6) is 0 Å². The highest BCUT2D eigenvalue weighted by molar-refractivity contribution is 6.33. The summed E-state index contributed by atoms with van der Waals surface area (Å²) in [6.45, 7) is 1.71. The normalized spacial score (nSPS) is 16.4. The Morgan fingerprint density at radius 3 is 2.68 bits per heavy atom. The number of hydrogen-bond acceptors (Lipinski definition) is 4. The molecule has 0 aromatic heterocycles. The largest absolute Gasteiger partial charge is 0.367 e. The van der Waals surface area contributed by atoms with Crippen LogP contribution < -0.4 is 0 Å². The van der Waals surface area contributed by atoms with Crippen molar-refractivity contribution in [2.24, 2.45) is 5.16 Å². The molecule has 1 aromatic carbocycles. The minimum atomic E-state index is -0.642. The van der Waals surface area contributed by atoms with Gasteiger partial charge in [0.15, 0.2) is 5.78 Å². The molecule has 96 valence electrons.